The maximum atomic E-state index is 12.9. The van der Waals surface area contributed by atoms with Crippen LogP contribution in [0.25, 0.3) is 0 Å². The summed E-state index contributed by atoms with van der Waals surface area (Å²) in [5.41, 5.74) is 4.16. The Bertz CT molecular complexity index is 999. The van der Waals surface area contributed by atoms with E-state index in [1.807, 2.05) is 68.5 Å². The third-order valence-electron chi connectivity index (χ3n) is 4.61. The quantitative estimate of drug-likeness (QED) is 0.564. The molecule has 0 radical (unpaired) electrons. The number of aryl methyl sites for hydroxylation is 1. The molecule has 1 heterocycles. The second kappa shape index (κ2) is 10.8. The van der Waals surface area contributed by atoms with Gasteiger partial charge in [-0.25, -0.2) is 4.99 Å². The topological polar surface area (TPSA) is 79.8 Å². The third-order valence-corrected chi connectivity index (χ3v) is 5.90. The van der Waals surface area contributed by atoms with Gasteiger partial charge in [0.15, 0.2) is 0 Å². The molecule has 6 nitrogen and oxygen atoms in total. The number of benzene rings is 2. The van der Waals surface area contributed by atoms with Crippen LogP contribution in [0, 0.1) is 6.92 Å². The number of carbonyl (C=O) groups is 2. The van der Waals surface area contributed by atoms with Gasteiger partial charge in [0.05, 0.1) is 34.7 Å². The minimum absolute atomic E-state index is 0.0788. The highest BCUT2D eigenvalue weighted by Gasteiger charge is 2.22. The molecule has 1 atom stereocenters. The van der Waals surface area contributed by atoms with Gasteiger partial charge in [0.25, 0.3) is 0 Å². The van der Waals surface area contributed by atoms with E-state index in [2.05, 4.69) is 10.6 Å². The van der Waals surface area contributed by atoms with Crippen molar-refractivity contribution in [2.45, 2.75) is 38.9 Å². The van der Waals surface area contributed by atoms with Crippen molar-refractivity contribution in [3.63, 3.8) is 0 Å². The molecule has 31 heavy (non-hydrogen) atoms. The van der Waals surface area contributed by atoms with Crippen LogP contribution in [0.4, 0.5) is 17.1 Å². The smallest absolute Gasteiger partial charge is 0.311 e. The summed E-state index contributed by atoms with van der Waals surface area (Å²) in [7, 11) is 0. The number of thioether (sulfide) groups is 1. The van der Waals surface area contributed by atoms with Gasteiger partial charge < -0.3 is 15.4 Å². The number of para-hydroxylation sites is 2. The molecule has 7 heteroatoms. The summed E-state index contributed by atoms with van der Waals surface area (Å²) in [5, 5.41) is 6.60. The zero-order valence-electron chi connectivity index (χ0n) is 18.0. The zero-order chi connectivity index (χ0) is 22.2. The lowest BCUT2D eigenvalue weighted by molar-refractivity contribution is -0.142. The lowest BCUT2D eigenvalue weighted by Crippen LogP contribution is -2.25. The SMILES string of the molecule is CCOC(=O)CC1=CC(S[C@H](CC)C(=O)Nc2ccc(C)cc2)=Nc2ccccc2N1. The fraction of sp³-hybridized carbons (Fsp3) is 0.292. The highest BCUT2D eigenvalue weighted by molar-refractivity contribution is 8.15. The number of ether oxygens (including phenoxy) is 1. The second-order valence-electron chi connectivity index (χ2n) is 7.11. The zero-order valence-corrected chi connectivity index (χ0v) is 18.8. The Morgan fingerprint density at radius 3 is 2.58 bits per heavy atom. The molecule has 2 N–H and O–H groups in total. The summed E-state index contributed by atoms with van der Waals surface area (Å²) in [4.78, 5) is 29.7. The maximum Gasteiger partial charge on any atom is 0.311 e. The van der Waals surface area contributed by atoms with E-state index in [0.29, 0.717) is 23.8 Å². The van der Waals surface area contributed by atoms with Gasteiger partial charge in [-0.1, -0.05) is 48.5 Å². The van der Waals surface area contributed by atoms with Crippen LogP contribution in [0.2, 0.25) is 0 Å². The van der Waals surface area contributed by atoms with Crippen molar-refractivity contribution in [3.05, 3.63) is 65.9 Å². The van der Waals surface area contributed by atoms with Crippen molar-refractivity contribution in [1.82, 2.24) is 0 Å². The van der Waals surface area contributed by atoms with Gasteiger partial charge in [-0.05, 0) is 50.6 Å². The molecular weight excluding hydrogens is 410 g/mol. The third kappa shape index (κ3) is 6.46. The van der Waals surface area contributed by atoms with Crippen molar-refractivity contribution < 1.29 is 14.3 Å². The molecule has 0 saturated carbocycles. The molecule has 0 saturated heterocycles. The molecule has 3 rings (SSSR count). The van der Waals surface area contributed by atoms with Crippen LogP contribution in [0.3, 0.4) is 0 Å². The predicted octanol–water partition coefficient (Wildman–Crippen LogP) is 5.44. The van der Waals surface area contributed by atoms with Gasteiger partial charge in [-0.15, -0.1) is 0 Å². The summed E-state index contributed by atoms with van der Waals surface area (Å²) >= 11 is 1.39. The van der Waals surface area contributed by atoms with Crippen LogP contribution in [-0.2, 0) is 14.3 Å². The average Bonchev–Trinajstić information content (AvgIpc) is 2.92. The number of hydrogen-bond donors (Lipinski definition) is 2. The number of nitrogens with one attached hydrogen (secondary N) is 2. The van der Waals surface area contributed by atoms with Gasteiger partial charge >= 0.3 is 5.97 Å². The molecule has 1 amide bonds. The molecule has 0 bridgehead atoms. The Balaban J connectivity index is 1.80. The number of anilines is 2. The molecule has 2 aromatic carbocycles. The lowest BCUT2D eigenvalue weighted by atomic mass is 10.2. The Hall–Kier alpha value is -3.06. The summed E-state index contributed by atoms with van der Waals surface area (Å²) in [5.74, 6) is -0.390. The molecule has 2 aromatic rings. The highest BCUT2D eigenvalue weighted by atomic mass is 32.2. The molecular formula is C24H27N3O3S. The standard InChI is InChI=1S/C24H27N3O3S/c1-4-21(24(29)26-17-12-10-16(3)11-13-17)31-22-14-18(15-23(28)30-5-2)25-19-8-6-7-9-20(19)27-22/h6-14,21,25H,4-5,15H2,1-3H3,(H,26,29)/t21-/m1/s1. The van der Waals surface area contributed by atoms with E-state index in [4.69, 9.17) is 9.73 Å². The Labute approximate surface area is 187 Å². The second-order valence-corrected chi connectivity index (χ2v) is 8.34. The number of fused-ring (bicyclic) bond motifs is 1. The minimum Gasteiger partial charge on any atom is -0.466 e. The van der Waals surface area contributed by atoms with E-state index in [1.165, 1.54) is 11.8 Å². The molecule has 0 fully saturated rings. The van der Waals surface area contributed by atoms with Gasteiger partial charge in [-0.3, -0.25) is 9.59 Å². The van der Waals surface area contributed by atoms with Crippen LogP contribution in [0.5, 0.6) is 0 Å². The number of aliphatic imine (C=N–C) groups is 1. The van der Waals surface area contributed by atoms with E-state index >= 15 is 0 Å². The lowest BCUT2D eigenvalue weighted by Gasteiger charge is -2.15. The number of rotatable bonds is 7. The maximum absolute atomic E-state index is 12.9. The van der Waals surface area contributed by atoms with E-state index in [0.717, 1.165) is 22.6 Å². The van der Waals surface area contributed by atoms with Crippen LogP contribution < -0.4 is 10.6 Å². The van der Waals surface area contributed by atoms with Crippen molar-refractivity contribution in [3.8, 4) is 0 Å². The average molecular weight is 438 g/mol. The highest BCUT2D eigenvalue weighted by Crippen LogP contribution is 2.32. The predicted molar refractivity (Wildman–Crippen MR) is 128 cm³/mol. The van der Waals surface area contributed by atoms with Crippen LogP contribution >= 0.6 is 11.8 Å². The van der Waals surface area contributed by atoms with Gasteiger partial charge in [0.2, 0.25) is 5.91 Å². The number of hydrogen-bond acceptors (Lipinski definition) is 6. The summed E-state index contributed by atoms with van der Waals surface area (Å²) in [6.45, 7) is 6.09. The molecule has 1 aliphatic rings. The fourth-order valence-electron chi connectivity index (χ4n) is 3.04. The van der Waals surface area contributed by atoms with Gasteiger partial charge in [0.1, 0.15) is 0 Å². The van der Waals surface area contributed by atoms with Crippen molar-refractivity contribution >= 4 is 45.7 Å². The van der Waals surface area contributed by atoms with Crippen LogP contribution in [-0.4, -0.2) is 28.8 Å². The van der Waals surface area contributed by atoms with Crippen molar-refractivity contribution in [2.24, 2.45) is 4.99 Å². The number of esters is 1. The molecule has 1 aliphatic heterocycles. The largest absolute Gasteiger partial charge is 0.466 e. The van der Waals surface area contributed by atoms with E-state index < -0.39 is 0 Å². The molecule has 0 spiro atoms. The van der Waals surface area contributed by atoms with Gasteiger partial charge in [-0.2, -0.15) is 0 Å². The molecule has 0 aromatic heterocycles. The first-order valence-electron chi connectivity index (χ1n) is 10.3. The summed E-state index contributed by atoms with van der Waals surface area (Å²) in [6.07, 6.45) is 2.56. The number of carbonyl (C=O) groups excluding carboxylic acids is 2. The van der Waals surface area contributed by atoms with E-state index in [9.17, 15) is 9.59 Å². The summed E-state index contributed by atoms with van der Waals surface area (Å²) < 4.78 is 5.09. The normalized spacial score (nSPS) is 13.6. The molecule has 0 aliphatic carbocycles. The van der Waals surface area contributed by atoms with E-state index in [-0.39, 0.29) is 23.5 Å². The summed E-state index contributed by atoms with van der Waals surface area (Å²) in [6, 6.07) is 15.3. The number of nitrogens with zero attached hydrogens (tertiary/aromatic N) is 1. The monoisotopic (exact) mass is 437 g/mol. The number of amides is 1. The van der Waals surface area contributed by atoms with Gasteiger partial charge in [0, 0.05) is 11.4 Å². The first-order chi connectivity index (χ1) is 15.0. The first kappa shape index (κ1) is 22.6. The van der Waals surface area contributed by atoms with Crippen molar-refractivity contribution in [1.29, 1.82) is 0 Å². The van der Waals surface area contributed by atoms with Crippen LogP contribution in [0.1, 0.15) is 32.3 Å². The van der Waals surface area contributed by atoms with Crippen molar-refractivity contribution in [2.75, 3.05) is 17.2 Å². The first-order valence-corrected chi connectivity index (χ1v) is 11.2. The Morgan fingerprint density at radius 2 is 1.87 bits per heavy atom. The Morgan fingerprint density at radius 1 is 1.13 bits per heavy atom. The fourth-order valence-corrected chi connectivity index (χ4v) is 4.02. The molecule has 162 valence electrons. The molecule has 0 unspecified atom stereocenters. The minimum atomic E-state index is -0.328. The van der Waals surface area contributed by atoms with E-state index in [1.54, 1.807) is 6.92 Å². The van der Waals surface area contributed by atoms with Crippen LogP contribution in [0.15, 0.2) is 65.3 Å². The Kier molecular flexibility index (Phi) is 7.89.